The minimum atomic E-state index is -5.08. The number of alkyl halides is 3. The average molecular weight is 408 g/mol. The van der Waals surface area contributed by atoms with Crippen LogP contribution in [0.5, 0.6) is 5.75 Å². The Kier molecular flexibility index (Phi) is 4.96. The normalized spacial score (nSPS) is 12.0. The number of aromatic nitrogens is 3. The minimum Gasteiger partial charge on any atom is -0.461 e. The van der Waals surface area contributed by atoms with Gasteiger partial charge in [-0.15, -0.1) is 0 Å². The van der Waals surface area contributed by atoms with E-state index in [-0.39, 0.29) is 21.9 Å². The van der Waals surface area contributed by atoms with E-state index in [1.54, 1.807) is 0 Å². The summed E-state index contributed by atoms with van der Waals surface area (Å²) in [5, 5.41) is 4.37. The fraction of sp³-hybridized carbons (Fsp3) is 0.250. The van der Waals surface area contributed by atoms with E-state index in [0.29, 0.717) is 6.07 Å². The lowest BCUT2D eigenvalue weighted by Gasteiger charge is -2.15. The van der Waals surface area contributed by atoms with E-state index < -0.39 is 41.5 Å². The zero-order chi connectivity index (χ0) is 19.9. The number of aryl methyl sites for hydroxylation is 1. The molecule has 0 aliphatic heterocycles. The monoisotopic (exact) mass is 407 g/mol. The van der Waals surface area contributed by atoms with Gasteiger partial charge in [0.05, 0.1) is 5.56 Å². The quantitative estimate of drug-likeness (QED) is 0.361. The second kappa shape index (κ2) is 6.93. The van der Waals surface area contributed by atoms with Crippen LogP contribution >= 0.6 is 11.6 Å². The number of pyridine rings is 1. The van der Waals surface area contributed by atoms with Gasteiger partial charge in [0.25, 0.3) is 0 Å². The van der Waals surface area contributed by atoms with E-state index in [1.165, 1.54) is 23.9 Å². The van der Waals surface area contributed by atoms with E-state index in [0.717, 1.165) is 7.11 Å². The van der Waals surface area contributed by atoms with Crippen LogP contribution < -0.4 is 4.74 Å². The van der Waals surface area contributed by atoms with Crippen LogP contribution in [0.4, 0.5) is 22.0 Å². The molecular weight excluding hydrogens is 397 g/mol. The smallest absolute Gasteiger partial charge is 0.419 e. The average Bonchev–Trinajstić information content (AvgIpc) is 2.90. The molecule has 0 bridgehead atoms. The van der Waals surface area contributed by atoms with Gasteiger partial charge in [0, 0.05) is 25.1 Å². The molecule has 0 atom stereocenters. The van der Waals surface area contributed by atoms with Gasteiger partial charge in [0.15, 0.2) is 29.8 Å². The molecule has 0 fully saturated rings. The Bertz CT molecular complexity index is 1020. The van der Waals surface area contributed by atoms with Crippen molar-refractivity contribution in [2.75, 3.05) is 13.9 Å². The van der Waals surface area contributed by atoms with Gasteiger partial charge in [-0.2, -0.15) is 18.3 Å². The van der Waals surface area contributed by atoms with Crippen molar-refractivity contribution in [2.24, 2.45) is 7.05 Å². The van der Waals surface area contributed by atoms with Gasteiger partial charge in [0.1, 0.15) is 10.8 Å². The molecule has 0 N–H and O–H groups in total. The van der Waals surface area contributed by atoms with Gasteiger partial charge in [-0.1, -0.05) is 11.6 Å². The van der Waals surface area contributed by atoms with Gasteiger partial charge >= 0.3 is 6.18 Å². The zero-order valence-corrected chi connectivity index (χ0v) is 14.6. The molecule has 5 nitrogen and oxygen atoms in total. The molecule has 11 heteroatoms. The largest absolute Gasteiger partial charge is 0.461 e. The highest BCUT2D eigenvalue weighted by Gasteiger charge is 2.38. The summed E-state index contributed by atoms with van der Waals surface area (Å²) in [6, 6.07) is 3.16. The van der Waals surface area contributed by atoms with Gasteiger partial charge in [-0.05, 0) is 18.2 Å². The van der Waals surface area contributed by atoms with Crippen LogP contribution in [0.2, 0.25) is 5.15 Å². The van der Waals surface area contributed by atoms with Gasteiger partial charge in [0.2, 0.25) is 0 Å². The number of halogens is 6. The lowest BCUT2D eigenvalue weighted by atomic mass is 10.0. The highest BCUT2D eigenvalue weighted by atomic mass is 35.5. The Hall–Kier alpha value is -2.46. The van der Waals surface area contributed by atoms with E-state index in [9.17, 15) is 22.0 Å². The van der Waals surface area contributed by atoms with E-state index in [2.05, 4.69) is 14.8 Å². The molecule has 2 heterocycles. The predicted molar refractivity (Wildman–Crippen MR) is 86.4 cm³/mol. The van der Waals surface area contributed by atoms with Crippen molar-refractivity contribution in [1.29, 1.82) is 0 Å². The second-order valence-electron chi connectivity index (χ2n) is 5.45. The molecule has 0 aliphatic rings. The van der Waals surface area contributed by atoms with Crippen LogP contribution in [0.25, 0.3) is 22.3 Å². The summed E-state index contributed by atoms with van der Waals surface area (Å²) in [6.45, 7) is -0.644. The molecule has 2 aromatic heterocycles. The van der Waals surface area contributed by atoms with Crippen LogP contribution in [0.15, 0.2) is 18.2 Å². The SMILES string of the molecule is COCOc1c(F)c(-c2nn(C)c3nc(Cl)ccc23)cc(C(F)(F)F)c1F. The van der Waals surface area contributed by atoms with Crippen molar-refractivity contribution in [3.05, 3.63) is 40.6 Å². The summed E-state index contributed by atoms with van der Waals surface area (Å²) in [5.41, 5.74) is -2.23. The maximum atomic E-state index is 14.8. The standard InChI is InChI=1S/C16H11ClF5N3O2/c1-25-15-7(3-4-10(17)23-15)13(24-25)8-5-9(16(20,21)22)12(19)14(11(8)18)27-6-26-2/h3-5H,6H2,1-2H3. The number of rotatable bonds is 4. The van der Waals surface area contributed by atoms with Crippen LogP contribution in [-0.2, 0) is 18.0 Å². The molecule has 1 aromatic carbocycles. The second-order valence-corrected chi connectivity index (χ2v) is 5.84. The van der Waals surface area contributed by atoms with E-state index in [4.69, 9.17) is 16.3 Å². The summed E-state index contributed by atoms with van der Waals surface area (Å²) in [7, 11) is 2.62. The predicted octanol–water partition coefficient (Wildman–Crippen LogP) is 4.57. The number of benzene rings is 1. The third kappa shape index (κ3) is 3.42. The first kappa shape index (κ1) is 19.3. The number of nitrogens with zero attached hydrogens (tertiary/aromatic N) is 3. The van der Waals surface area contributed by atoms with Gasteiger partial charge in [-0.3, -0.25) is 0 Å². The molecule has 0 unspecified atom stereocenters. The number of methoxy groups -OCH3 is 1. The highest BCUT2D eigenvalue weighted by molar-refractivity contribution is 6.29. The van der Waals surface area contributed by atoms with Crippen LogP contribution in [0.3, 0.4) is 0 Å². The van der Waals surface area contributed by atoms with E-state index in [1.807, 2.05) is 0 Å². The molecule has 0 amide bonds. The van der Waals surface area contributed by atoms with Crippen LogP contribution in [0.1, 0.15) is 5.56 Å². The molecule has 0 radical (unpaired) electrons. The summed E-state index contributed by atoms with van der Waals surface area (Å²) in [4.78, 5) is 4.01. The number of hydrogen-bond donors (Lipinski definition) is 0. The summed E-state index contributed by atoms with van der Waals surface area (Å²) in [5.74, 6) is -4.42. The van der Waals surface area contributed by atoms with Gasteiger partial charge in [-0.25, -0.2) is 18.4 Å². The fourth-order valence-electron chi connectivity index (χ4n) is 2.54. The Balaban J connectivity index is 2.33. The highest BCUT2D eigenvalue weighted by Crippen LogP contribution is 2.42. The Morgan fingerprint density at radius 1 is 1.19 bits per heavy atom. The number of ether oxygens (including phenoxy) is 2. The first-order valence-corrected chi connectivity index (χ1v) is 7.73. The third-order valence-electron chi connectivity index (χ3n) is 3.69. The molecule has 3 rings (SSSR count). The maximum Gasteiger partial charge on any atom is 0.419 e. The molecule has 0 spiro atoms. The first-order chi connectivity index (χ1) is 12.6. The number of fused-ring (bicyclic) bond motifs is 1. The Morgan fingerprint density at radius 3 is 2.52 bits per heavy atom. The van der Waals surface area contributed by atoms with E-state index >= 15 is 0 Å². The zero-order valence-electron chi connectivity index (χ0n) is 13.9. The van der Waals surface area contributed by atoms with Crippen molar-refractivity contribution in [2.45, 2.75) is 6.18 Å². The van der Waals surface area contributed by atoms with Crippen molar-refractivity contribution in [1.82, 2.24) is 14.8 Å². The summed E-state index contributed by atoms with van der Waals surface area (Å²) >= 11 is 5.81. The number of hydrogen-bond acceptors (Lipinski definition) is 4. The maximum absolute atomic E-state index is 14.8. The third-order valence-corrected chi connectivity index (χ3v) is 3.91. The minimum absolute atomic E-state index is 0.122. The van der Waals surface area contributed by atoms with Crippen LogP contribution in [-0.4, -0.2) is 28.7 Å². The van der Waals surface area contributed by atoms with Crippen molar-refractivity contribution in [3.63, 3.8) is 0 Å². The van der Waals surface area contributed by atoms with Crippen LogP contribution in [0, 0.1) is 11.6 Å². The molecule has 0 saturated carbocycles. The molecule has 0 aliphatic carbocycles. The molecular formula is C16H11ClF5N3O2. The molecule has 27 heavy (non-hydrogen) atoms. The molecule has 3 aromatic rings. The lowest BCUT2D eigenvalue weighted by Crippen LogP contribution is -2.13. The van der Waals surface area contributed by atoms with Gasteiger partial charge < -0.3 is 9.47 Å². The van der Waals surface area contributed by atoms with Crippen molar-refractivity contribution in [3.8, 4) is 17.0 Å². The Morgan fingerprint density at radius 2 is 1.89 bits per heavy atom. The van der Waals surface area contributed by atoms with Crippen molar-refractivity contribution < 1.29 is 31.4 Å². The topological polar surface area (TPSA) is 49.2 Å². The molecule has 144 valence electrons. The summed E-state index contributed by atoms with van der Waals surface area (Å²) in [6.07, 6.45) is -5.08. The molecule has 0 saturated heterocycles. The fourth-order valence-corrected chi connectivity index (χ4v) is 2.69. The lowest BCUT2D eigenvalue weighted by molar-refractivity contribution is -0.140. The van der Waals surface area contributed by atoms with Crippen molar-refractivity contribution >= 4 is 22.6 Å². The summed E-state index contributed by atoms with van der Waals surface area (Å²) < 4.78 is 79.3. The Labute approximate surface area is 154 Å². The first-order valence-electron chi connectivity index (χ1n) is 7.35.